The highest BCUT2D eigenvalue weighted by Crippen LogP contribution is 2.16. The quantitative estimate of drug-likeness (QED) is 0.465. The molecule has 0 heterocycles. The van der Waals surface area contributed by atoms with Gasteiger partial charge in [-0.1, -0.05) is 12.1 Å². The van der Waals surface area contributed by atoms with E-state index in [9.17, 15) is 14.4 Å². The van der Waals surface area contributed by atoms with Gasteiger partial charge in [0, 0.05) is 0 Å². The molecule has 7 N–H and O–H groups in total. The zero-order valence-corrected chi connectivity index (χ0v) is 9.92. The number of carbonyl (C=O) groups excluding carboxylic acids is 2. The highest BCUT2D eigenvalue weighted by atomic mass is 16.4. The molecule has 3 amide bonds. The molecule has 0 saturated carbocycles. The van der Waals surface area contributed by atoms with Gasteiger partial charge in [-0.2, -0.15) is 0 Å². The largest absolute Gasteiger partial charge is 0.480 e. The Balaban J connectivity index is 2.65. The van der Waals surface area contributed by atoms with Gasteiger partial charge >= 0.3 is 12.0 Å². The molecule has 0 radical (unpaired) electrons. The molecular weight excluding hydrogens is 252 g/mol. The second-order valence-corrected chi connectivity index (χ2v) is 3.75. The van der Waals surface area contributed by atoms with Gasteiger partial charge in [0.25, 0.3) is 0 Å². The van der Waals surface area contributed by atoms with E-state index in [0.717, 1.165) is 0 Å². The molecule has 0 aliphatic heterocycles. The zero-order chi connectivity index (χ0) is 14.4. The van der Waals surface area contributed by atoms with Gasteiger partial charge in [0.15, 0.2) is 0 Å². The van der Waals surface area contributed by atoms with Crippen LogP contribution in [0.2, 0.25) is 0 Å². The average Bonchev–Trinajstić information content (AvgIpc) is 2.30. The molecular formula is C11H14N4O4. The second kappa shape index (κ2) is 6.24. The smallest absolute Gasteiger partial charge is 0.326 e. The minimum absolute atomic E-state index is 0.333. The van der Waals surface area contributed by atoms with E-state index in [1.54, 1.807) is 24.3 Å². The summed E-state index contributed by atoms with van der Waals surface area (Å²) in [7, 11) is 0. The Bertz CT molecular complexity index is 503. The van der Waals surface area contributed by atoms with Crippen molar-refractivity contribution >= 4 is 29.3 Å². The van der Waals surface area contributed by atoms with E-state index in [1.165, 1.54) is 0 Å². The minimum atomic E-state index is -1.39. The molecule has 0 aliphatic rings. The average molecular weight is 266 g/mol. The first kappa shape index (κ1) is 14.3. The summed E-state index contributed by atoms with van der Waals surface area (Å²) in [5.41, 5.74) is 11.2. The number of urea groups is 1. The number of amides is 3. The van der Waals surface area contributed by atoms with Gasteiger partial charge in [-0.3, -0.25) is 4.79 Å². The van der Waals surface area contributed by atoms with Crippen LogP contribution in [-0.2, 0) is 9.59 Å². The standard InChI is InChI=1S/C11H14N4O4/c12-6-3-1-2-4-7(6)14-11(19)15-8(10(17)18)5-9(13)16/h1-4,8H,5,12H2,(H2,13,16)(H,17,18)(H2,14,15,19)/t8-/m0/s1. The fourth-order valence-electron chi connectivity index (χ4n) is 1.33. The van der Waals surface area contributed by atoms with Gasteiger partial charge in [0.2, 0.25) is 5.91 Å². The topological polar surface area (TPSA) is 148 Å². The maximum Gasteiger partial charge on any atom is 0.326 e. The highest BCUT2D eigenvalue weighted by Gasteiger charge is 2.22. The van der Waals surface area contributed by atoms with Crippen molar-refractivity contribution < 1.29 is 19.5 Å². The maximum atomic E-state index is 11.6. The number of benzene rings is 1. The number of aliphatic carboxylic acids is 1. The van der Waals surface area contributed by atoms with E-state index in [1.807, 2.05) is 0 Å². The maximum absolute atomic E-state index is 11.6. The number of nitrogens with one attached hydrogen (secondary N) is 2. The van der Waals surface area contributed by atoms with Gasteiger partial charge in [0.1, 0.15) is 6.04 Å². The van der Waals surface area contributed by atoms with Crippen LogP contribution in [0.4, 0.5) is 16.2 Å². The van der Waals surface area contributed by atoms with Crippen molar-refractivity contribution in [3.05, 3.63) is 24.3 Å². The molecule has 102 valence electrons. The number of carboxylic acids is 1. The van der Waals surface area contributed by atoms with Gasteiger partial charge in [0.05, 0.1) is 17.8 Å². The zero-order valence-electron chi connectivity index (χ0n) is 9.92. The van der Waals surface area contributed by atoms with Crippen LogP contribution in [0.5, 0.6) is 0 Å². The van der Waals surface area contributed by atoms with Crippen molar-refractivity contribution in [1.29, 1.82) is 0 Å². The summed E-state index contributed by atoms with van der Waals surface area (Å²) in [6.45, 7) is 0. The van der Waals surface area contributed by atoms with Gasteiger partial charge in [-0.15, -0.1) is 0 Å². The van der Waals surface area contributed by atoms with Crippen LogP contribution in [0, 0.1) is 0 Å². The second-order valence-electron chi connectivity index (χ2n) is 3.75. The third-order valence-electron chi connectivity index (χ3n) is 2.22. The van der Waals surface area contributed by atoms with Crippen molar-refractivity contribution in [3.63, 3.8) is 0 Å². The number of nitrogens with two attached hydrogens (primary N) is 2. The van der Waals surface area contributed by atoms with E-state index >= 15 is 0 Å². The van der Waals surface area contributed by atoms with Crippen molar-refractivity contribution in [2.45, 2.75) is 12.5 Å². The summed E-state index contributed by atoms with van der Waals surface area (Å²) < 4.78 is 0. The van der Waals surface area contributed by atoms with Crippen molar-refractivity contribution in [1.82, 2.24) is 5.32 Å². The normalized spacial score (nSPS) is 11.4. The first-order valence-corrected chi connectivity index (χ1v) is 5.33. The molecule has 0 aliphatic carbocycles. The Morgan fingerprint density at radius 1 is 1.26 bits per heavy atom. The molecule has 1 rings (SSSR count). The number of anilines is 2. The predicted octanol–water partition coefficient (Wildman–Crippen LogP) is -0.281. The molecule has 1 atom stereocenters. The number of hydrogen-bond acceptors (Lipinski definition) is 4. The summed E-state index contributed by atoms with van der Waals surface area (Å²) in [5.74, 6) is -2.18. The summed E-state index contributed by atoms with van der Waals surface area (Å²) in [6.07, 6.45) is -0.493. The third-order valence-corrected chi connectivity index (χ3v) is 2.22. The van der Waals surface area contributed by atoms with Crippen LogP contribution in [0.1, 0.15) is 6.42 Å². The van der Waals surface area contributed by atoms with Gasteiger partial charge < -0.3 is 27.2 Å². The fraction of sp³-hybridized carbons (Fsp3) is 0.182. The minimum Gasteiger partial charge on any atom is -0.480 e. The Morgan fingerprint density at radius 3 is 2.42 bits per heavy atom. The van der Waals surface area contributed by atoms with Crippen LogP contribution >= 0.6 is 0 Å². The summed E-state index contributed by atoms with van der Waals surface area (Å²) in [6, 6.07) is 4.30. The van der Waals surface area contributed by atoms with E-state index in [2.05, 4.69) is 10.6 Å². The van der Waals surface area contributed by atoms with Crippen LogP contribution in [0.15, 0.2) is 24.3 Å². The Hall–Kier alpha value is -2.77. The molecule has 0 spiro atoms. The van der Waals surface area contributed by atoms with Gasteiger partial charge in [-0.25, -0.2) is 9.59 Å². The SMILES string of the molecule is NC(=O)C[C@H](NC(=O)Nc1ccccc1N)C(=O)O. The monoisotopic (exact) mass is 266 g/mol. The molecule has 1 aromatic carbocycles. The lowest BCUT2D eigenvalue weighted by molar-refractivity contribution is -0.140. The fourth-order valence-corrected chi connectivity index (χ4v) is 1.33. The molecule has 0 aromatic heterocycles. The van der Waals surface area contributed by atoms with Crippen molar-refractivity contribution in [2.24, 2.45) is 5.73 Å². The summed E-state index contributed by atoms with van der Waals surface area (Å²) in [4.78, 5) is 33.1. The van der Waals surface area contributed by atoms with Crippen molar-refractivity contribution in [2.75, 3.05) is 11.1 Å². The molecule has 0 saturated heterocycles. The summed E-state index contributed by atoms with van der Waals surface area (Å²) >= 11 is 0. The lowest BCUT2D eigenvalue weighted by Gasteiger charge is -2.14. The molecule has 1 aromatic rings. The first-order chi connectivity index (χ1) is 8.90. The highest BCUT2D eigenvalue weighted by molar-refractivity contribution is 5.95. The lowest BCUT2D eigenvalue weighted by Crippen LogP contribution is -2.45. The molecule has 8 heteroatoms. The van der Waals surface area contributed by atoms with E-state index < -0.39 is 30.4 Å². The number of carboxylic acid groups (broad SMARTS) is 1. The van der Waals surface area contributed by atoms with E-state index in [4.69, 9.17) is 16.6 Å². The first-order valence-electron chi connectivity index (χ1n) is 5.33. The van der Waals surface area contributed by atoms with E-state index in [0.29, 0.717) is 11.4 Å². The number of hydrogen-bond donors (Lipinski definition) is 5. The summed E-state index contributed by atoms with van der Waals surface area (Å²) in [5, 5.41) is 13.3. The predicted molar refractivity (Wildman–Crippen MR) is 68.2 cm³/mol. The van der Waals surface area contributed by atoms with Crippen LogP contribution in [0.3, 0.4) is 0 Å². The number of primary amides is 1. The van der Waals surface area contributed by atoms with Crippen LogP contribution in [-0.4, -0.2) is 29.1 Å². The Labute approximate surface area is 108 Å². The van der Waals surface area contributed by atoms with Crippen LogP contribution < -0.4 is 22.1 Å². The van der Waals surface area contributed by atoms with Crippen LogP contribution in [0.25, 0.3) is 0 Å². The third kappa shape index (κ3) is 4.54. The van der Waals surface area contributed by atoms with Crippen molar-refractivity contribution in [3.8, 4) is 0 Å². The number of rotatable bonds is 5. The molecule has 19 heavy (non-hydrogen) atoms. The number of carbonyl (C=O) groups is 3. The number of nitrogen functional groups attached to an aromatic ring is 1. The molecule has 0 bridgehead atoms. The van der Waals surface area contributed by atoms with Gasteiger partial charge in [-0.05, 0) is 12.1 Å². The Morgan fingerprint density at radius 2 is 1.89 bits per heavy atom. The molecule has 0 fully saturated rings. The number of para-hydroxylation sites is 2. The Kier molecular flexibility index (Phi) is 4.69. The molecule has 8 nitrogen and oxygen atoms in total. The lowest BCUT2D eigenvalue weighted by atomic mass is 10.2. The molecule has 0 unspecified atom stereocenters. The van der Waals surface area contributed by atoms with E-state index in [-0.39, 0.29) is 0 Å².